The summed E-state index contributed by atoms with van der Waals surface area (Å²) in [6, 6.07) is 4.25. The van der Waals surface area contributed by atoms with Gasteiger partial charge in [0.1, 0.15) is 12.4 Å². The number of nitrogens with two attached hydrogens (primary N) is 1. The number of rotatable bonds is 3. The van der Waals surface area contributed by atoms with Crippen LogP contribution in [0.1, 0.15) is 16.7 Å². The molecule has 2 nitrogen and oxygen atoms in total. The maximum absolute atomic E-state index is 5.55. The van der Waals surface area contributed by atoms with Gasteiger partial charge in [-0.05, 0) is 31.9 Å². The standard InChI is InChI=1S/C11H17NO.ClH/c1-8-6-9(2)11(10(3)7-8)13-5-4-12;/h6-7H,4-5,12H2,1-3H3;1H/p-1. The van der Waals surface area contributed by atoms with E-state index in [0.29, 0.717) is 13.2 Å². The minimum atomic E-state index is 0. The predicted octanol–water partition coefficient (Wildman–Crippen LogP) is -1.05. The van der Waals surface area contributed by atoms with E-state index in [0.717, 1.165) is 5.75 Å². The van der Waals surface area contributed by atoms with Crippen LogP contribution in [-0.4, -0.2) is 13.2 Å². The third kappa shape index (κ3) is 3.20. The number of hydrogen-bond acceptors (Lipinski definition) is 2. The van der Waals surface area contributed by atoms with Crippen molar-refractivity contribution in [3.63, 3.8) is 0 Å². The maximum atomic E-state index is 5.55. The minimum absolute atomic E-state index is 0. The van der Waals surface area contributed by atoms with Crippen LogP contribution in [0.25, 0.3) is 0 Å². The third-order valence-corrected chi connectivity index (χ3v) is 1.97. The molecule has 0 spiro atoms. The van der Waals surface area contributed by atoms with Crippen molar-refractivity contribution in [2.24, 2.45) is 5.73 Å². The predicted molar refractivity (Wildman–Crippen MR) is 55.2 cm³/mol. The Hall–Kier alpha value is -0.730. The molecule has 0 bridgehead atoms. The maximum Gasteiger partial charge on any atom is 0.125 e. The summed E-state index contributed by atoms with van der Waals surface area (Å²) in [6.45, 7) is 7.36. The largest absolute Gasteiger partial charge is 1.00 e. The van der Waals surface area contributed by atoms with Crippen LogP contribution in [0.15, 0.2) is 12.1 Å². The first-order valence-electron chi connectivity index (χ1n) is 4.56. The number of halogens is 1. The van der Waals surface area contributed by atoms with Crippen LogP contribution in [0, 0.1) is 20.8 Å². The molecule has 14 heavy (non-hydrogen) atoms. The summed E-state index contributed by atoms with van der Waals surface area (Å²) in [6.07, 6.45) is 0. The monoisotopic (exact) mass is 214 g/mol. The second-order valence-corrected chi connectivity index (χ2v) is 3.36. The summed E-state index contributed by atoms with van der Waals surface area (Å²) in [5.74, 6) is 0.982. The third-order valence-electron chi connectivity index (χ3n) is 1.97. The van der Waals surface area contributed by atoms with Crippen molar-refractivity contribution in [2.45, 2.75) is 20.8 Å². The fraction of sp³-hybridized carbons (Fsp3) is 0.455. The van der Waals surface area contributed by atoms with E-state index >= 15 is 0 Å². The Morgan fingerprint density at radius 1 is 1.14 bits per heavy atom. The van der Waals surface area contributed by atoms with E-state index in [2.05, 4.69) is 32.9 Å². The smallest absolute Gasteiger partial charge is 0.125 e. The van der Waals surface area contributed by atoms with Gasteiger partial charge in [-0.3, -0.25) is 0 Å². The summed E-state index contributed by atoms with van der Waals surface area (Å²) >= 11 is 0. The quantitative estimate of drug-likeness (QED) is 0.698. The molecule has 3 heteroatoms. The molecule has 0 aliphatic heterocycles. The number of ether oxygens (including phenoxy) is 1. The Bertz CT molecular complexity index is 276. The zero-order valence-electron chi connectivity index (χ0n) is 8.93. The lowest BCUT2D eigenvalue weighted by Gasteiger charge is -2.11. The average Bonchev–Trinajstić information content (AvgIpc) is 2.02. The summed E-state index contributed by atoms with van der Waals surface area (Å²) in [5.41, 5.74) is 9.03. The highest BCUT2D eigenvalue weighted by Gasteiger charge is 2.03. The van der Waals surface area contributed by atoms with Gasteiger partial charge in [0.2, 0.25) is 0 Å². The lowest BCUT2D eigenvalue weighted by molar-refractivity contribution is -0.00000333. The second kappa shape index (κ2) is 5.89. The molecule has 0 saturated carbocycles. The zero-order chi connectivity index (χ0) is 9.84. The van der Waals surface area contributed by atoms with E-state index in [1.165, 1.54) is 16.7 Å². The molecule has 0 unspecified atom stereocenters. The molecule has 0 atom stereocenters. The highest BCUT2D eigenvalue weighted by Crippen LogP contribution is 2.24. The molecule has 1 rings (SSSR count). The molecule has 0 aliphatic rings. The van der Waals surface area contributed by atoms with Gasteiger partial charge in [-0.15, -0.1) is 0 Å². The highest BCUT2D eigenvalue weighted by molar-refractivity contribution is 5.42. The Morgan fingerprint density at radius 3 is 2.07 bits per heavy atom. The second-order valence-electron chi connectivity index (χ2n) is 3.36. The average molecular weight is 215 g/mol. The Morgan fingerprint density at radius 2 is 1.64 bits per heavy atom. The summed E-state index contributed by atoms with van der Waals surface area (Å²) in [5, 5.41) is 0. The van der Waals surface area contributed by atoms with E-state index in [4.69, 9.17) is 10.5 Å². The Balaban J connectivity index is 0.00000169. The summed E-state index contributed by atoms with van der Waals surface area (Å²) < 4.78 is 5.55. The number of hydrogen-bond donors (Lipinski definition) is 1. The zero-order valence-corrected chi connectivity index (χ0v) is 9.69. The van der Waals surface area contributed by atoms with Gasteiger partial charge in [0.25, 0.3) is 0 Å². The molecule has 0 aromatic heterocycles. The normalized spacial score (nSPS) is 9.43. The molecule has 0 fully saturated rings. The molecule has 0 amide bonds. The van der Waals surface area contributed by atoms with Gasteiger partial charge in [-0.2, -0.15) is 0 Å². The fourth-order valence-electron chi connectivity index (χ4n) is 1.56. The van der Waals surface area contributed by atoms with Gasteiger partial charge in [0.15, 0.2) is 0 Å². The molecule has 1 aromatic carbocycles. The topological polar surface area (TPSA) is 35.2 Å². The molecular formula is C11H17ClNO-. The highest BCUT2D eigenvalue weighted by atomic mass is 35.5. The molecular weight excluding hydrogens is 198 g/mol. The lowest BCUT2D eigenvalue weighted by Crippen LogP contribution is -3.00. The van der Waals surface area contributed by atoms with Gasteiger partial charge in [-0.25, -0.2) is 0 Å². The van der Waals surface area contributed by atoms with Crippen molar-refractivity contribution in [1.82, 2.24) is 0 Å². The SMILES string of the molecule is Cc1cc(C)c(OCCN)c(C)c1.[Cl-]. The van der Waals surface area contributed by atoms with E-state index in [9.17, 15) is 0 Å². The van der Waals surface area contributed by atoms with E-state index in [1.807, 2.05) is 0 Å². The van der Waals surface area contributed by atoms with Crippen molar-refractivity contribution in [3.8, 4) is 5.75 Å². The van der Waals surface area contributed by atoms with Crippen LogP contribution < -0.4 is 22.9 Å². The van der Waals surface area contributed by atoms with Crippen LogP contribution in [0.3, 0.4) is 0 Å². The number of aryl methyl sites for hydroxylation is 3. The molecule has 0 saturated heterocycles. The first-order valence-corrected chi connectivity index (χ1v) is 4.56. The Labute approximate surface area is 91.9 Å². The molecule has 80 valence electrons. The van der Waals surface area contributed by atoms with Gasteiger partial charge in [-0.1, -0.05) is 17.7 Å². The van der Waals surface area contributed by atoms with Gasteiger partial charge in [0, 0.05) is 6.54 Å². The van der Waals surface area contributed by atoms with Crippen molar-refractivity contribution in [2.75, 3.05) is 13.2 Å². The van der Waals surface area contributed by atoms with Crippen molar-refractivity contribution in [1.29, 1.82) is 0 Å². The van der Waals surface area contributed by atoms with Crippen molar-refractivity contribution in [3.05, 3.63) is 28.8 Å². The van der Waals surface area contributed by atoms with Gasteiger partial charge in [0.05, 0.1) is 0 Å². The molecule has 1 aromatic rings. The molecule has 0 heterocycles. The minimum Gasteiger partial charge on any atom is -1.00 e. The summed E-state index contributed by atoms with van der Waals surface area (Å²) in [7, 11) is 0. The summed E-state index contributed by atoms with van der Waals surface area (Å²) in [4.78, 5) is 0. The fourth-order valence-corrected chi connectivity index (χ4v) is 1.56. The van der Waals surface area contributed by atoms with Crippen molar-refractivity contribution < 1.29 is 17.1 Å². The van der Waals surface area contributed by atoms with Crippen LogP contribution >= 0.6 is 0 Å². The molecule has 0 aliphatic carbocycles. The van der Waals surface area contributed by atoms with E-state index < -0.39 is 0 Å². The van der Waals surface area contributed by atoms with Gasteiger partial charge < -0.3 is 22.9 Å². The van der Waals surface area contributed by atoms with Crippen LogP contribution in [0.2, 0.25) is 0 Å². The first-order chi connectivity index (χ1) is 6.15. The van der Waals surface area contributed by atoms with E-state index in [-0.39, 0.29) is 12.4 Å². The van der Waals surface area contributed by atoms with Gasteiger partial charge >= 0.3 is 0 Å². The number of benzene rings is 1. The van der Waals surface area contributed by atoms with Crippen LogP contribution in [0.4, 0.5) is 0 Å². The Kier molecular flexibility index (Phi) is 5.58. The molecule has 0 radical (unpaired) electrons. The lowest BCUT2D eigenvalue weighted by atomic mass is 10.1. The van der Waals surface area contributed by atoms with Crippen LogP contribution in [0.5, 0.6) is 5.75 Å². The van der Waals surface area contributed by atoms with E-state index in [1.54, 1.807) is 0 Å². The first kappa shape index (κ1) is 13.3. The molecule has 2 N–H and O–H groups in total. The van der Waals surface area contributed by atoms with Crippen molar-refractivity contribution >= 4 is 0 Å². The van der Waals surface area contributed by atoms with Crippen LogP contribution in [-0.2, 0) is 0 Å².